The van der Waals surface area contributed by atoms with Gasteiger partial charge in [-0.3, -0.25) is 0 Å². The summed E-state index contributed by atoms with van der Waals surface area (Å²) >= 11 is 0. The van der Waals surface area contributed by atoms with Gasteiger partial charge >= 0.3 is 0 Å². The molecule has 0 aliphatic carbocycles. The van der Waals surface area contributed by atoms with Crippen LogP contribution in [0, 0.1) is 0 Å². The normalized spacial score (nSPS) is 10.8. The molecule has 0 saturated carbocycles. The minimum absolute atomic E-state index is 0.0829. The summed E-state index contributed by atoms with van der Waals surface area (Å²) in [6, 6.07) is 26.6. The van der Waals surface area contributed by atoms with Crippen molar-refractivity contribution in [2.45, 2.75) is 26.7 Å². The second-order valence-electron chi connectivity index (χ2n) is 8.34. The summed E-state index contributed by atoms with van der Waals surface area (Å²) in [5, 5.41) is 0. The molecule has 0 unspecified atom stereocenters. The molecule has 0 aromatic heterocycles. The fourth-order valence-electron chi connectivity index (χ4n) is 3.81. The molecule has 0 atom stereocenters. The summed E-state index contributed by atoms with van der Waals surface area (Å²) in [5.41, 5.74) is 15.1. The Morgan fingerprint density at radius 1 is 0.556 bits per heavy atom. The van der Waals surface area contributed by atoms with Crippen molar-refractivity contribution in [2.24, 2.45) is 0 Å². The SMILES string of the molecule is CCOc1cc(C(C)c2ccc(Oc3ccc(N)cc3)c(OCC)c2)ccc1Oc1ccc(N)cc1. The van der Waals surface area contributed by atoms with E-state index >= 15 is 0 Å². The van der Waals surface area contributed by atoms with Crippen LogP contribution in [0.25, 0.3) is 0 Å². The van der Waals surface area contributed by atoms with E-state index in [1.54, 1.807) is 0 Å². The van der Waals surface area contributed by atoms with Gasteiger partial charge < -0.3 is 30.4 Å². The molecule has 186 valence electrons. The third-order valence-corrected chi connectivity index (χ3v) is 5.75. The van der Waals surface area contributed by atoms with Gasteiger partial charge in [0.2, 0.25) is 0 Å². The molecule has 0 aliphatic heterocycles. The molecule has 0 aliphatic rings. The molecule has 4 aromatic carbocycles. The van der Waals surface area contributed by atoms with Crippen molar-refractivity contribution in [3.63, 3.8) is 0 Å². The zero-order valence-corrected chi connectivity index (χ0v) is 20.9. The number of rotatable bonds is 10. The summed E-state index contributed by atoms with van der Waals surface area (Å²) in [6.07, 6.45) is 0. The predicted octanol–water partition coefficient (Wildman–Crippen LogP) is 7.38. The summed E-state index contributed by atoms with van der Waals surface area (Å²) in [6.45, 7) is 7.12. The molecule has 0 heterocycles. The number of ether oxygens (including phenoxy) is 4. The molecule has 4 rings (SSSR count). The van der Waals surface area contributed by atoms with E-state index in [0.29, 0.717) is 59.1 Å². The lowest BCUT2D eigenvalue weighted by atomic mass is 9.92. The van der Waals surface area contributed by atoms with E-state index in [4.69, 9.17) is 30.4 Å². The van der Waals surface area contributed by atoms with E-state index in [0.717, 1.165) is 11.1 Å². The maximum absolute atomic E-state index is 6.06. The van der Waals surface area contributed by atoms with Crippen molar-refractivity contribution in [2.75, 3.05) is 24.7 Å². The molecule has 0 saturated heterocycles. The Labute approximate surface area is 212 Å². The molecule has 6 nitrogen and oxygen atoms in total. The van der Waals surface area contributed by atoms with Crippen LogP contribution in [0.5, 0.6) is 34.5 Å². The van der Waals surface area contributed by atoms with Crippen LogP contribution >= 0.6 is 0 Å². The summed E-state index contributed by atoms with van der Waals surface area (Å²) in [4.78, 5) is 0. The van der Waals surface area contributed by atoms with E-state index in [1.807, 2.05) is 86.6 Å². The van der Waals surface area contributed by atoms with Crippen molar-refractivity contribution in [1.29, 1.82) is 0 Å². The van der Waals surface area contributed by atoms with Gasteiger partial charge in [0.1, 0.15) is 11.5 Å². The largest absolute Gasteiger partial charge is 0.490 e. The first-order valence-corrected chi connectivity index (χ1v) is 12.1. The number of anilines is 2. The summed E-state index contributed by atoms with van der Waals surface area (Å²) < 4.78 is 24.0. The second-order valence-corrected chi connectivity index (χ2v) is 8.34. The summed E-state index contributed by atoms with van der Waals surface area (Å²) in [5.74, 6) is 4.16. The molecule has 0 fully saturated rings. The number of nitrogen functional groups attached to an aromatic ring is 2. The summed E-state index contributed by atoms with van der Waals surface area (Å²) in [7, 11) is 0. The Hall–Kier alpha value is -4.32. The van der Waals surface area contributed by atoms with E-state index in [-0.39, 0.29) is 5.92 Å². The molecule has 0 bridgehead atoms. The van der Waals surface area contributed by atoms with Crippen molar-refractivity contribution in [1.82, 2.24) is 0 Å². The maximum atomic E-state index is 6.06. The monoisotopic (exact) mass is 484 g/mol. The Kier molecular flexibility index (Phi) is 7.85. The first-order chi connectivity index (χ1) is 17.5. The van der Waals surface area contributed by atoms with Crippen LogP contribution in [0.4, 0.5) is 11.4 Å². The lowest BCUT2D eigenvalue weighted by Gasteiger charge is -2.19. The highest BCUT2D eigenvalue weighted by atomic mass is 16.5. The van der Waals surface area contributed by atoms with Crippen molar-refractivity contribution >= 4 is 11.4 Å². The number of benzene rings is 4. The van der Waals surface area contributed by atoms with Gasteiger partial charge in [0.25, 0.3) is 0 Å². The predicted molar refractivity (Wildman–Crippen MR) is 145 cm³/mol. The average Bonchev–Trinajstić information content (AvgIpc) is 2.88. The van der Waals surface area contributed by atoms with Gasteiger partial charge in [-0.25, -0.2) is 0 Å². The Morgan fingerprint density at radius 3 is 1.31 bits per heavy atom. The second kappa shape index (κ2) is 11.4. The number of nitrogens with two attached hydrogens (primary N) is 2. The van der Waals surface area contributed by atoms with Gasteiger partial charge in [-0.15, -0.1) is 0 Å². The van der Waals surface area contributed by atoms with Gasteiger partial charge in [0.05, 0.1) is 13.2 Å². The molecular weight excluding hydrogens is 452 g/mol. The maximum Gasteiger partial charge on any atom is 0.169 e. The van der Waals surface area contributed by atoms with Gasteiger partial charge in [-0.1, -0.05) is 19.1 Å². The van der Waals surface area contributed by atoms with Crippen molar-refractivity contribution in [3.8, 4) is 34.5 Å². The van der Waals surface area contributed by atoms with Gasteiger partial charge in [0.15, 0.2) is 23.0 Å². The zero-order valence-electron chi connectivity index (χ0n) is 20.9. The van der Waals surface area contributed by atoms with Crippen LogP contribution in [-0.2, 0) is 0 Å². The van der Waals surface area contributed by atoms with Crippen LogP contribution < -0.4 is 30.4 Å². The van der Waals surface area contributed by atoms with Gasteiger partial charge in [-0.2, -0.15) is 0 Å². The van der Waals surface area contributed by atoms with Crippen LogP contribution in [0.1, 0.15) is 37.8 Å². The highest BCUT2D eigenvalue weighted by molar-refractivity contribution is 5.52. The molecule has 36 heavy (non-hydrogen) atoms. The Balaban J connectivity index is 1.59. The first kappa shape index (κ1) is 24.8. The lowest BCUT2D eigenvalue weighted by molar-refractivity contribution is 0.320. The average molecular weight is 485 g/mol. The fraction of sp³-hybridized carbons (Fsp3) is 0.200. The highest BCUT2D eigenvalue weighted by Crippen LogP contribution is 2.39. The molecule has 0 amide bonds. The molecule has 6 heteroatoms. The highest BCUT2D eigenvalue weighted by Gasteiger charge is 2.16. The molecule has 0 spiro atoms. The third kappa shape index (κ3) is 6.02. The van der Waals surface area contributed by atoms with Crippen LogP contribution in [0.2, 0.25) is 0 Å². The van der Waals surface area contributed by atoms with Crippen LogP contribution in [0.3, 0.4) is 0 Å². The Bertz CT molecular complexity index is 1190. The van der Waals surface area contributed by atoms with E-state index in [2.05, 4.69) is 19.1 Å². The van der Waals surface area contributed by atoms with E-state index in [1.165, 1.54) is 0 Å². The first-order valence-electron chi connectivity index (χ1n) is 12.1. The molecule has 4 aromatic rings. The van der Waals surface area contributed by atoms with Crippen molar-refractivity contribution < 1.29 is 18.9 Å². The number of hydrogen-bond acceptors (Lipinski definition) is 6. The van der Waals surface area contributed by atoms with Crippen molar-refractivity contribution in [3.05, 3.63) is 96.1 Å². The van der Waals surface area contributed by atoms with Crippen LogP contribution in [-0.4, -0.2) is 13.2 Å². The lowest BCUT2D eigenvalue weighted by Crippen LogP contribution is -2.02. The molecular formula is C30H32N2O4. The molecule has 0 radical (unpaired) electrons. The zero-order chi connectivity index (χ0) is 25.5. The van der Waals surface area contributed by atoms with Gasteiger partial charge in [-0.05, 0) is 97.8 Å². The van der Waals surface area contributed by atoms with E-state index < -0.39 is 0 Å². The quantitative estimate of drug-likeness (QED) is 0.228. The Morgan fingerprint density at radius 2 is 0.944 bits per heavy atom. The smallest absolute Gasteiger partial charge is 0.169 e. The topological polar surface area (TPSA) is 89.0 Å². The fourth-order valence-corrected chi connectivity index (χ4v) is 3.81. The number of hydrogen-bond donors (Lipinski definition) is 2. The van der Waals surface area contributed by atoms with Crippen LogP contribution in [0.15, 0.2) is 84.9 Å². The molecule has 4 N–H and O–H groups in total. The van der Waals surface area contributed by atoms with E-state index in [9.17, 15) is 0 Å². The third-order valence-electron chi connectivity index (χ3n) is 5.75. The minimum atomic E-state index is 0.0829. The van der Waals surface area contributed by atoms with Gasteiger partial charge in [0, 0.05) is 17.3 Å². The minimum Gasteiger partial charge on any atom is -0.490 e. The standard InChI is InChI=1S/C30H32N2O4/c1-4-33-29-18-21(6-16-27(29)35-25-12-8-23(31)9-13-25)20(3)22-7-17-28(30(19-22)34-5-2)36-26-14-10-24(32)11-15-26/h6-20H,4-5,31-32H2,1-3H3.